The molecule has 0 radical (unpaired) electrons. The highest BCUT2D eigenvalue weighted by Crippen LogP contribution is 2.23. The Hall–Kier alpha value is -1.75. The lowest BCUT2D eigenvalue weighted by atomic mass is 10.2. The molecule has 0 saturated carbocycles. The molecule has 3 N–H and O–H groups in total. The molecule has 1 amide bonds. The quantitative estimate of drug-likeness (QED) is 0.731. The van der Waals surface area contributed by atoms with Crippen molar-refractivity contribution in [3.05, 3.63) is 29.1 Å². The Labute approximate surface area is 97.1 Å². The van der Waals surface area contributed by atoms with E-state index in [1.165, 1.54) is 4.90 Å². The summed E-state index contributed by atoms with van der Waals surface area (Å²) in [6, 6.07) is 3.23. The van der Waals surface area contributed by atoms with Crippen molar-refractivity contribution in [2.45, 2.75) is 0 Å². The number of amides is 1. The van der Waals surface area contributed by atoms with Crippen molar-refractivity contribution in [2.24, 2.45) is 0 Å². The Balaban J connectivity index is 2.23. The molecule has 0 saturated heterocycles. The summed E-state index contributed by atoms with van der Waals surface area (Å²) in [6.45, 7) is 0.695. The van der Waals surface area contributed by atoms with Crippen LogP contribution in [0.1, 0.15) is 5.69 Å². The van der Waals surface area contributed by atoms with Crippen LogP contribution in [-0.4, -0.2) is 34.2 Å². The van der Waals surface area contributed by atoms with E-state index in [0.29, 0.717) is 29.6 Å². The van der Waals surface area contributed by atoms with Gasteiger partial charge in [0.25, 0.3) is 0 Å². The number of nitrogens with zero attached hydrogens (tertiary/aromatic N) is 2. The number of rotatable bonds is 1. The first-order chi connectivity index (χ1) is 7.56. The van der Waals surface area contributed by atoms with E-state index in [2.05, 4.69) is 4.98 Å². The van der Waals surface area contributed by atoms with Crippen LogP contribution >= 0.6 is 11.6 Å². The minimum Gasteiger partial charge on any atom is -0.465 e. The van der Waals surface area contributed by atoms with Crippen LogP contribution < -0.4 is 5.73 Å². The Morgan fingerprint density at radius 3 is 2.88 bits per heavy atom. The van der Waals surface area contributed by atoms with Crippen molar-refractivity contribution in [1.82, 2.24) is 9.88 Å². The topological polar surface area (TPSA) is 79.5 Å². The highest BCUT2D eigenvalue weighted by molar-refractivity contribution is 6.29. The zero-order valence-corrected chi connectivity index (χ0v) is 9.11. The summed E-state index contributed by atoms with van der Waals surface area (Å²) in [5, 5.41) is 9.12. The van der Waals surface area contributed by atoms with Crippen LogP contribution in [0.4, 0.5) is 10.5 Å². The third-order valence-electron chi connectivity index (χ3n) is 2.34. The molecule has 16 heavy (non-hydrogen) atoms. The predicted octanol–water partition coefficient (Wildman–Crippen LogP) is 1.69. The van der Waals surface area contributed by atoms with E-state index in [1.54, 1.807) is 12.1 Å². The third-order valence-corrected chi connectivity index (χ3v) is 2.53. The molecule has 1 aliphatic rings. The Bertz CT molecular complexity index is 453. The fraction of sp³-hybridized carbons (Fsp3) is 0.200. The minimum absolute atomic E-state index is 0.310. The smallest absolute Gasteiger partial charge is 0.407 e. The Morgan fingerprint density at radius 1 is 1.56 bits per heavy atom. The van der Waals surface area contributed by atoms with Crippen molar-refractivity contribution in [3.8, 4) is 0 Å². The molecular formula is C10H10ClN3O2. The van der Waals surface area contributed by atoms with Gasteiger partial charge in [-0.2, -0.15) is 0 Å². The molecule has 1 aromatic heterocycles. The summed E-state index contributed by atoms with van der Waals surface area (Å²) >= 11 is 5.78. The molecule has 2 rings (SSSR count). The van der Waals surface area contributed by atoms with Gasteiger partial charge in [-0.25, -0.2) is 9.78 Å². The van der Waals surface area contributed by atoms with Crippen LogP contribution in [0.3, 0.4) is 0 Å². The van der Waals surface area contributed by atoms with Crippen molar-refractivity contribution in [2.75, 3.05) is 18.8 Å². The first-order valence-electron chi connectivity index (χ1n) is 4.66. The molecule has 0 unspecified atom stereocenters. The highest BCUT2D eigenvalue weighted by atomic mass is 35.5. The molecule has 1 aromatic rings. The average molecular weight is 240 g/mol. The van der Waals surface area contributed by atoms with Crippen LogP contribution in [-0.2, 0) is 0 Å². The number of hydrogen-bond donors (Lipinski definition) is 2. The normalized spacial score (nSPS) is 15.1. The summed E-state index contributed by atoms with van der Waals surface area (Å²) < 4.78 is 0. The number of aromatic nitrogens is 1. The number of carboxylic acid groups (broad SMARTS) is 1. The van der Waals surface area contributed by atoms with E-state index in [-0.39, 0.29) is 0 Å². The van der Waals surface area contributed by atoms with Gasteiger partial charge in [0, 0.05) is 12.2 Å². The van der Waals surface area contributed by atoms with Gasteiger partial charge >= 0.3 is 6.09 Å². The van der Waals surface area contributed by atoms with Crippen molar-refractivity contribution < 1.29 is 9.90 Å². The molecule has 0 spiro atoms. The Morgan fingerprint density at radius 2 is 2.31 bits per heavy atom. The molecule has 0 aromatic carbocycles. The van der Waals surface area contributed by atoms with Gasteiger partial charge in [-0.15, -0.1) is 0 Å². The molecule has 5 nitrogen and oxygen atoms in total. The minimum atomic E-state index is -0.943. The van der Waals surface area contributed by atoms with Crippen molar-refractivity contribution in [3.63, 3.8) is 0 Å². The summed E-state index contributed by atoms with van der Waals surface area (Å²) in [4.78, 5) is 16.1. The zero-order chi connectivity index (χ0) is 11.7. The predicted molar refractivity (Wildman–Crippen MR) is 61.2 cm³/mol. The fourth-order valence-corrected chi connectivity index (χ4v) is 1.78. The second kappa shape index (κ2) is 4.02. The van der Waals surface area contributed by atoms with Crippen molar-refractivity contribution in [1.29, 1.82) is 0 Å². The molecule has 84 valence electrons. The molecule has 6 heteroatoms. The van der Waals surface area contributed by atoms with Gasteiger partial charge in [0.15, 0.2) is 0 Å². The van der Waals surface area contributed by atoms with Crippen LogP contribution in [0.2, 0.25) is 5.15 Å². The standard InChI is InChI=1S/C10H10ClN3O2/c11-9-4-7(12)3-8(13-9)6-1-2-14(5-6)10(15)16/h1,3-4H,2,5H2,(H2,12,13)(H,15,16). The molecule has 1 aliphatic heterocycles. The fourth-order valence-electron chi connectivity index (χ4n) is 1.57. The maximum Gasteiger partial charge on any atom is 0.407 e. The SMILES string of the molecule is Nc1cc(Cl)nc(C2=CCN(C(=O)O)C2)c1. The number of pyridine rings is 1. The monoisotopic (exact) mass is 239 g/mol. The average Bonchev–Trinajstić information content (AvgIpc) is 2.64. The number of anilines is 1. The first-order valence-corrected chi connectivity index (χ1v) is 5.04. The second-order valence-corrected chi connectivity index (χ2v) is 3.89. The lowest BCUT2D eigenvalue weighted by molar-refractivity contribution is 0.158. The summed E-state index contributed by atoms with van der Waals surface area (Å²) in [7, 11) is 0. The van der Waals surface area contributed by atoms with E-state index in [4.69, 9.17) is 22.4 Å². The van der Waals surface area contributed by atoms with Gasteiger partial charge in [-0.05, 0) is 17.7 Å². The van der Waals surface area contributed by atoms with Gasteiger partial charge in [0.05, 0.1) is 12.2 Å². The van der Waals surface area contributed by atoms with Gasteiger partial charge in [-0.1, -0.05) is 17.7 Å². The maximum absolute atomic E-state index is 10.7. The lowest BCUT2D eigenvalue weighted by Gasteiger charge is -2.11. The second-order valence-electron chi connectivity index (χ2n) is 3.50. The number of carbonyl (C=O) groups is 1. The van der Waals surface area contributed by atoms with E-state index in [1.807, 2.05) is 6.08 Å². The van der Waals surface area contributed by atoms with Gasteiger partial charge in [-0.3, -0.25) is 0 Å². The van der Waals surface area contributed by atoms with E-state index >= 15 is 0 Å². The molecule has 2 heterocycles. The number of halogens is 1. The van der Waals surface area contributed by atoms with Crippen LogP contribution in [0, 0.1) is 0 Å². The number of nitrogen functional groups attached to an aromatic ring is 1. The maximum atomic E-state index is 10.7. The van der Waals surface area contributed by atoms with E-state index in [0.717, 1.165) is 5.57 Å². The van der Waals surface area contributed by atoms with Gasteiger partial charge < -0.3 is 15.7 Å². The molecule has 0 aliphatic carbocycles. The summed E-state index contributed by atoms with van der Waals surface area (Å²) in [5.41, 5.74) is 7.62. The zero-order valence-electron chi connectivity index (χ0n) is 8.35. The van der Waals surface area contributed by atoms with Gasteiger partial charge in [0.1, 0.15) is 5.15 Å². The molecule has 0 atom stereocenters. The van der Waals surface area contributed by atoms with E-state index < -0.39 is 6.09 Å². The molecule has 0 bridgehead atoms. The molecular weight excluding hydrogens is 230 g/mol. The Kier molecular flexibility index (Phi) is 2.70. The first kappa shape index (κ1) is 10.8. The van der Waals surface area contributed by atoms with Crippen molar-refractivity contribution >= 4 is 29.0 Å². The van der Waals surface area contributed by atoms with Crippen LogP contribution in [0.5, 0.6) is 0 Å². The summed E-state index contributed by atoms with van der Waals surface area (Å²) in [6.07, 6.45) is 0.868. The van der Waals surface area contributed by atoms with Gasteiger partial charge in [0.2, 0.25) is 0 Å². The number of hydrogen-bond acceptors (Lipinski definition) is 3. The van der Waals surface area contributed by atoms with Crippen LogP contribution in [0.15, 0.2) is 18.2 Å². The lowest BCUT2D eigenvalue weighted by Crippen LogP contribution is -2.26. The third kappa shape index (κ3) is 2.09. The summed E-state index contributed by atoms with van der Waals surface area (Å²) in [5.74, 6) is 0. The molecule has 0 fully saturated rings. The number of nitrogens with two attached hydrogens (primary N) is 1. The largest absolute Gasteiger partial charge is 0.465 e. The van der Waals surface area contributed by atoms with Crippen LogP contribution in [0.25, 0.3) is 5.57 Å². The van der Waals surface area contributed by atoms with E-state index in [9.17, 15) is 4.79 Å². The highest BCUT2D eigenvalue weighted by Gasteiger charge is 2.20.